The van der Waals surface area contributed by atoms with E-state index in [1.54, 1.807) is 29.1 Å². The van der Waals surface area contributed by atoms with E-state index in [2.05, 4.69) is 4.98 Å². The van der Waals surface area contributed by atoms with Gasteiger partial charge in [-0.3, -0.25) is 10.1 Å². The van der Waals surface area contributed by atoms with Gasteiger partial charge in [-0.25, -0.2) is 4.98 Å². The van der Waals surface area contributed by atoms with Crippen molar-refractivity contribution < 1.29 is 10.0 Å². The van der Waals surface area contributed by atoms with Crippen LogP contribution in [0.5, 0.6) is 0 Å². The van der Waals surface area contributed by atoms with Crippen LogP contribution in [0.25, 0.3) is 5.69 Å². The number of nitro groups is 1. The molecule has 0 saturated carbocycles. The van der Waals surface area contributed by atoms with Crippen molar-refractivity contribution in [1.29, 1.82) is 0 Å². The smallest absolute Gasteiger partial charge is 0.293 e. The summed E-state index contributed by atoms with van der Waals surface area (Å²) < 4.78 is 1.55. The quantitative estimate of drug-likeness (QED) is 0.622. The van der Waals surface area contributed by atoms with Gasteiger partial charge >= 0.3 is 0 Å². The van der Waals surface area contributed by atoms with Crippen LogP contribution >= 0.6 is 0 Å². The van der Waals surface area contributed by atoms with Crippen LogP contribution in [-0.2, 0) is 6.61 Å². The van der Waals surface area contributed by atoms with Gasteiger partial charge in [-0.1, -0.05) is 6.07 Å². The Morgan fingerprint density at radius 1 is 1.50 bits per heavy atom. The Morgan fingerprint density at radius 3 is 2.88 bits per heavy atom. The molecule has 0 amide bonds. The Kier molecular flexibility index (Phi) is 2.65. The molecule has 0 atom stereocenters. The first-order valence-electron chi connectivity index (χ1n) is 4.59. The van der Waals surface area contributed by atoms with E-state index in [4.69, 9.17) is 5.11 Å². The lowest BCUT2D eigenvalue weighted by atomic mass is 10.2. The van der Waals surface area contributed by atoms with E-state index in [0.717, 1.165) is 0 Å². The molecular formula is C10H9N3O3. The molecule has 1 N–H and O–H groups in total. The van der Waals surface area contributed by atoms with Gasteiger partial charge in [0.15, 0.2) is 0 Å². The Morgan fingerprint density at radius 2 is 2.31 bits per heavy atom. The number of hydrogen-bond acceptors (Lipinski definition) is 4. The zero-order valence-electron chi connectivity index (χ0n) is 8.28. The lowest BCUT2D eigenvalue weighted by Crippen LogP contribution is -1.99. The van der Waals surface area contributed by atoms with Gasteiger partial charge in [0.1, 0.15) is 5.69 Å². The first kappa shape index (κ1) is 10.3. The fourth-order valence-corrected chi connectivity index (χ4v) is 1.43. The molecule has 0 bridgehead atoms. The Hall–Kier alpha value is -2.21. The predicted octanol–water partition coefficient (Wildman–Crippen LogP) is 1.27. The molecule has 1 heterocycles. The molecule has 0 aliphatic rings. The van der Waals surface area contributed by atoms with Crippen LogP contribution in [-0.4, -0.2) is 19.6 Å². The summed E-state index contributed by atoms with van der Waals surface area (Å²) in [7, 11) is 0. The van der Waals surface area contributed by atoms with Crippen molar-refractivity contribution in [3.63, 3.8) is 0 Å². The number of aliphatic hydroxyl groups excluding tert-OH is 1. The van der Waals surface area contributed by atoms with Crippen LogP contribution in [0.1, 0.15) is 5.56 Å². The van der Waals surface area contributed by atoms with E-state index < -0.39 is 4.92 Å². The van der Waals surface area contributed by atoms with E-state index in [1.807, 2.05) is 0 Å². The van der Waals surface area contributed by atoms with Crippen LogP contribution in [0.3, 0.4) is 0 Å². The maximum Gasteiger partial charge on any atom is 0.293 e. The van der Waals surface area contributed by atoms with Crippen molar-refractivity contribution in [1.82, 2.24) is 9.55 Å². The Labute approximate surface area is 90.9 Å². The highest BCUT2D eigenvalue weighted by atomic mass is 16.6. The fraction of sp³-hybridized carbons (Fsp3) is 0.100. The maximum absolute atomic E-state index is 10.9. The van der Waals surface area contributed by atoms with Gasteiger partial charge < -0.3 is 9.67 Å². The first-order chi connectivity index (χ1) is 7.72. The van der Waals surface area contributed by atoms with E-state index in [9.17, 15) is 10.1 Å². The third-order valence-corrected chi connectivity index (χ3v) is 2.20. The minimum absolute atomic E-state index is 0.0513. The van der Waals surface area contributed by atoms with Crippen LogP contribution in [0.4, 0.5) is 5.69 Å². The maximum atomic E-state index is 10.9. The molecule has 0 unspecified atom stereocenters. The molecule has 2 rings (SSSR count). The Balaban J connectivity index is 2.57. The van der Waals surface area contributed by atoms with Gasteiger partial charge in [-0.05, 0) is 11.6 Å². The number of aliphatic hydroxyl groups is 1. The summed E-state index contributed by atoms with van der Waals surface area (Å²) in [6.07, 6.45) is 4.66. The monoisotopic (exact) mass is 219 g/mol. The highest BCUT2D eigenvalue weighted by molar-refractivity contribution is 5.54. The second-order valence-electron chi connectivity index (χ2n) is 3.21. The van der Waals surface area contributed by atoms with Crippen molar-refractivity contribution in [3.05, 3.63) is 52.6 Å². The molecular weight excluding hydrogens is 210 g/mol. The van der Waals surface area contributed by atoms with Gasteiger partial charge in [0.25, 0.3) is 5.69 Å². The van der Waals surface area contributed by atoms with Gasteiger partial charge in [0, 0.05) is 18.5 Å². The van der Waals surface area contributed by atoms with Gasteiger partial charge in [0.05, 0.1) is 17.9 Å². The molecule has 6 heteroatoms. The van der Waals surface area contributed by atoms with Gasteiger partial charge in [-0.2, -0.15) is 0 Å². The zero-order chi connectivity index (χ0) is 11.5. The largest absolute Gasteiger partial charge is 0.392 e. The minimum atomic E-state index is -0.478. The number of rotatable bonds is 3. The number of aromatic nitrogens is 2. The summed E-state index contributed by atoms with van der Waals surface area (Å²) in [5.74, 6) is 0. The molecule has 1 aromatic heterocycles. The van der Waals surface area contributed by atoms with Crippen molar-refractivity contribution in [3.8, 4) is 5.69 Å². The molecule has 0 radical (unpaired) electrons. The molecule has 1 aromatic carbocycles. The van der Waals surface area contributed by atoms with E-state index in [-0.39, 0.29) is 12.3 Å². The zero-order valence-corrected chi connectivity index (χ0v) is 8.28. The van der Waals surface area contributed by atoms with Crippen molar-refractivity contribution >= 4 is 5.69 Å². The molecule has 0 aliphatic heterocycles. The Bertz CT molecular complexity index is 508. The molecule has 0 saturated heterocycles. The summed E-state index contributed by atoms with van der Waals surface area (Å²) in [6, 6.07) is 4.59. The standard InChI is InChI=1S/C10H9N3O3/c14-6-8-1-2-9(10(5-8)13(15)16)12-4-3-11-7-12/h1-5,7,14H,6H2. The van der Waals surface area contributed by atoms with Crippen molar-refractivity contribution in [2.75, 3.05) is 0 Å². The number of benzene rings is 1. The van der Waals surface area contributed by atoms with Crippen LogP contribution in [0.15, 0.2) is 36.9 Å². The van der Waals surface area contributed by atoms with Gasteiger partial charge in [0.2, 0.25) is 0 Å². The van der Waals surface area contributed by atoms with Gasteiger partial charge in [-0.15, -0.1) is 0 Å². The summed E-state index contributed by atoms with van der Waals surface area (Å²) in [5.41, 5.74) is 0.889. The summed E-state index contributed by atoms with van der Waals surface area (Å²) in [6.45, 7) is -0.217. The third-order valence-electron chi connectivity index (χ3n) is 2.20. The van der Waals surface area contributed by atoms with Crippen molar-refractivity contribution in [2.45, 2.75) is 6.61 Å². The SMILES string of the molecule is O=[N+]([O-])c1cc(CO)ccc1-n1ccnc1. The molecule has 0 spiro atoms. The second-order valence-corrected chi connectivity index (χ2v) is 3.21. The fourth-order valence-electron chi connectivity index (χ4n) is 1.43. The molecule has 82 valence electrons. The highest BCUT2D eigenvalue weighted by Crippen LogP contribution is 2.23. The summed E-state index contributed by atoms with van der Waals surface area (Å²) in [4.78, 5) is 14.2. The third kappa shape index (κ3) is 1.78. The number of imidazole rings is 1. The molecule has 6 nitrogen and oxygen atoms in total. The van der Waals surface area contributed by atoms with Crippen LogP contribution < -0.4 is 0 Å². The molecule has 0 aliphatic carbocycles. The predicted molar refractivity (Wildman–Crippen MR) is 56.1 cm³/mol. The summed E-state index contributed by atoms with van der Waals surface area (Å²) >= 11 is 0. The molecule has 2 aromatic rings. The topological polar surface area (TPSA) is 81.2 Å². The lowest BCUT2D eigenvalue weighted by molar-refractivity contribution is -0.384. The summed E-state index contributed by atoms with van der Waals surface area (Å²) in [5, 5.41) is 19.8. The second kappa shape index (κ2) is 4.11. The number of nitro benzene ring substituents is 1. The van der Waals surface area contributed by atoms with Crippen molar-refractivity contribution in [2.24, 2.45) is 0 Å². The van der Waals surface area contributed by atoms with E-state index >= 15 is 0 Å². The first-order valence-corrected chi connectivity index (χ1v) is 4.59. The molecule has 0 fully saturated rings. The van der Waals surface area contributed by atoms with Crippen LogP contribution in [0.2, 0.25) is 0 Å². The minimum Gasteiger partial charge on any atom is -0.392 e. The van der Waals surface area contributed by atoms with E-state index in [1.165, 1.54) is 12.4 Å². The molecule has 16 heavy (non-hydrogen) atoms. The van der Waals surface area contributed by atoms with E-state index in [0.29, 0.717) is 11.3 Å². The number of nitrogens with zero attached hydrogens (tertiary/aromatic N) is 3. The number of hydrogen-bond donors (Lipinski definition) is 1. The average Bonchev–Trinajstić information content (AvgIpc) is 2.81. The normalized spacial score (nSPS) is 10.3. The van der Waals surface area contributed by atoms with Crippen LogP contribution in [0, 0.1) is 10.1 Å². The lowest BCUT2D eigenvalue weighted by Gasteiger charge is -2.04. The average molecular weight is 219 g/mol. The highest BCUT2D eigenvalue weighted by Gasteiger charge is 2.15.